The molecule has 41 heavy (non-hydrogen) atoms. The maximum atomic E-state index is 13.2. The minimum absolute atomic E-state index is 0.0363. The monoisotopic (exact) mass is 572 g/mol. The minimum atomic E-state index is -0.374. The average Bonchev–Trinajstić information content (AvgIpc) is 3.64. The van der Waals surface area contributed by atoms with E-state index in [1.165, 1.54) is 32.1 Å². The van der Waals surface area contributed by atoms with Gasteiger partial charge in [0.25, 0.3) is 5.91 Å². The highest BCUT2D eigenvalue weighted by Crippen LogP contribution is 2.37. The summed E-state index contributed by atoms with van der Waals surface area (Å²) in [5.74, 6) is 0.621. The third-order valence-corrected chi connectivity index (χ3v) is 7.53. The molecule has 2 atom stereocenters. The Kier molecular flexibility index (Phi) is 12.7. The summed E-state index contributed by atoms with van der Waals surface area (Å²) in [5.41, 5.74) is 1.11. The molecular weight excluding hydrogens is 520 g/mol. The first-order valence-electron chi connectivity index (χ1n) is 15.6. The first-order chi connectivity index (χ1) is 19.6. The van der Waals surface area contributed by atoms with Gasteiger partial charge in [-0.05, 0) is 66.7 Å². The van der Waals surface area contributed by atoms with Crippen molar-refractivity contribution in [2.45, 2.75) is 142 Å². The Morgan fingerprint density at radius 3 is 2.34 bits per heavy atom. The summed E-state index contributed by atoms with van der Waals surface area (Å²) >= 11 is 0. The summed E-state index contributed by atoms with van der Waals surface area (Å²) in [6.07, 6.45) is 15.8. The van der Waals surface area contributed by atoms with E-state index in [-0.39, 0.29) is 35.6 Å². The van der Waals surface area contributed by atoms with Gasteiger partial charge >= 0.3 is 6.09 Å². The average molecular weight is 573 g/mol. The van der Waals surface area contributed by atoms with E-state index in [1.54, 1.807) is 6.20 Å². The highest BCUT2D eigenvalue weighted by Gasteiger charge is 2.32. The zero-order chi connectivity index (χ0) is 29.8. The standard InChI is InChI=1S/C31H52N6O4/c1-23(2)33-30(40)41-26-16-15-24(19-26)27-20-28(37(35-27)31(3,4)5)34-29(39)25-21-32-36(22-25)17-13-11-9-7-6-8-10-12-14-18-38/h20-24,26,38H,6-19H2,1-5H3,(H,33,40)(H,34,39)/t24-,26+/m0/s1. The number of amides is 2. The van der Waals surface area contributed by atoms with Crippen molar-refractivity contribution < 1.29 is 19.4 Å². The van der Waals surface area contributed by atoms with E-state index in [2.05, 4.69) is 36.5 Å². The zero-order valence-corrected chi connectivity index (χ0v) is 25.8. The molecule has 2 aromatic heterocycles. The van der Waals surface area contributed by atoms with Gasteiger partial charge in [0.15, 0.2) is 0 Å². The van der Waals surface area contributed by atoms with Gasteiger partial charge in [0.05, 0.1) is 23.0 Å². The lowest BCUT2D eigenvalue weighted by atomic mass is 10.0. The zero-order valence-electron chi connectivity index (χ0n) is 25.8. The van der Waals surface area contributed by atoms with Crippen LogP contribution in [-0.4, -0.2) is 55.4 Å². The number of aliphatic hydroxyl groups is 1. The Balaban J connectivity index is 1.49. The molecule has 0 aromatic carbocycles. The first kappa shape index (κ1) is 32.6. The molecule has 2 heterocycles. The lowest BCUT2D eigenvalue weighted by molar-refractivity contribution is 0.0979. The van der Waals surface area contributed by atoms with Gasteiger partial charge in [-0.3, -0.25) is 9.48 Å². The van der Waals surface area contributed by atoms with Gasteiger partial charge in [0.2, 0.25) is 0 Å². The molecule has 2 amide bonds. The first-order valence-corrected chi connectivity index (χ1v) is 15.6. The minimum Gasteiger partial charge on any atom is -0.446 e. The Bertz CT molecular complexity index is 1090. The van der Waals surface area contributed by atoms with Crippen molar-refractivity contribution in [2.75, 3.05) is 11.9 Å². The molecule has 0 unspecified atom stereocenters. The number of aromatic nitrogens is 4. The number of anilines is 1. The lowest BCUT2D eigenvalue weighted by Crippen LogP contribution is -2.33. The number of ether oxygens (including phenoxy) is 1. The molecule has 0 bridgehead atoms. The van der Waals surface area contributed by atoms with Gasteiger partial charge < -0.3 is 20.5 Å². The summed E-state index contributed by atoms with van der Waals surface area (Å²) in [7, 11) is 0. The van der Waals surface area contributed by atoms with Crippen LogP contribution in [0, 0.1) is 0 Å². The fourth-order valence-corrected chi connectivity index (χ4v) is 5.35. The number of aryl methyl sites for hydroxylation is 1. The molecule has 0 aliphatic heterocycles. The summed E-state index contributed by atoms with van der Waals surface area (Å²) in [5, 5.41) is 24.0. The highest BCUT2D eigenvalue weighted by atomic mass is 16.6. The number of alkyl carbamates (subject to hydrolysis) is 1. The van der Waals surface area contributed by atoms with Crippen molar-refractivity contribution in [1.29, 1.82) is 0 Å². The normalized spacial score (nSPS) is 17.2. The molecule has 0 radical (unpaired) electrons. The third-order valence-electron chi connectivity index (χ3n) is 7.53. The third kappa shape index (κ3) is 10.8. The van der Waals surface area contributed by atoms with Crippen LogP contribution in [0.4, 0.5) is 10.6 Å². The van der Waals surface area contributed by atoms with E-state index in [4.69, 9.17) is 14.9 Å². The maximum Gasteiger partial charge on any atom is 0.407 e. The fraction of sp³-hybridized carbons (Fsp3) is 0.742. The Morgan fingerprint density at radius 1 is 1.05 bits per heavy atom. The number of hydrogen-bond acceptors (Lipinski definition) is 6. The molecule has 1 saturated carbocycles. The van der Waals surface area contributed by atoms with Crippen LogP contribution in [0.1, 0.15) is 134 Å². The number of nitrogens with one attached hydrogen (secondary N) is 2. The van der Waals surface area contributed by atoms with Crippen LogP contribution in [0.5, 0.6) is 0 Å². The van der Waals surface area contributed by atoms with Gasteiger partial charge in [-0.25, -0.2) is 9.48 Å². The highest BCUT2D eigenvalue weighted by molar-refractivity contribution is 6.03. The van der Waals surface area contributed by atoms with E-state index in [9.17, 15) is 9.59 Å². The van der Waals surface area contributed by atoms with Gasteiger partial charge in [-0.15, -0.1) is 0 Å². The quantitative estimate of drug-likeness (QED) is 0.201. The molecule has 1 aliphatic carbocycles. The number of rotatable bonds is 16. The van der Waals surface area contributed by atoms with E-state index >= 15 is 0 Å². The molecule has 2 aromatic rings. The van der Waals surface area contributed by atoms with E-state index < -0.39 is 0 Å². The van der Waals surface area contributed by atoms with Gasteiger partial charge in [0, 0.05) is 37.4 Å². The summed E-state index contributed by atoms with van der Waals surface area (Å²) < 4.78 is 9.32. The van der Waals surface area contributed by atoms with Crippen molar-refractivity contribution in [1.82, 2.24) is 24.9 Å². The van der Waals surface area contributed by atoms with E-state index in [1.807, 2.05) is 35.5 Å². The van der Waals surface area contributed by atoms with Crippen molar-refractivity contribution in [3.8, 4) is 0 Å². The van der Waals surface area contributed by atoms with Crippen molar-refractivity contribution in [3.05, 3.63) is 29.7 Å². The number of unbranched alkanes of at least 4 members (excludes halogenated alkanes) is 8. The van der Waals surface area contributed by atoms with Crippen molar-refractivity contribution in [2.24, 2.45) is 0 Å². The Morgan fingerprint density at radius 2 is 1.71 bits per heavy atom. The van der Waals surface area contributed by atoms with Crippen LogP contribution >= 0.6 is 0 Å². The van der Waals surface area contributed by atoms with Gasteiger partial charge in [-0.2, -0.15) is 10.2 Å². The summed E-state index contributed by atoms with van der Waals surface area (Å²) in [4.78, 5) is 25.2. The van der Waals surface area contributed by atoms with Crippen LogP contribution < -0.4 is 10.6 Å². The molecular formula is C31H52N6O4. The predicted molar refractivity (Wildman–Crippen MR) is 161 cm³/mol. The summed E-state index contributed by atoms with van der Waals surface area (Å²) in [6.45, 7) is 11.1. The molecule has 10 heteroatoms. The maximum absolute atomic E-state index is 13.2. The molecule has 0 saturated heterocycles. The van der Waals surface area contributed by atoms with Gasteiger partial charge in [0.1, 0.15) is 11.9 Å². The van der Waals surface area contributed by atoms with Crippen LogP contribution in [0.2, 0.25) is 0 Å². The second-order valence-electron chi connectivity index (χ2n) is 12.7. The van der Waals surface area contributed by atoms with Gasteiger partial charge in [-0.1, -0.05) is 44.9 Å². The number of carbonyl (C=O) groups is 2. The second kappa shape index (κ2) is 15.9. The number of hydrogen-bond donors (Lipinski definition) is 3. The van der Waals surface area contributed by atoms with E-state index in [0.29, 0.717) is 18.0 Å². The van der Waals surface area contributed by atoms with Crippen molar-refractivity contribution >= 4 is 17.8 Å². The largest absolute Gasteiger partial charge is 0.446 e. The Hall–Kier alpha value is -2.88. The van der Waals surface area contributed by atoms with Crippen LogP contribution in [0.3, 0.4) is 0 Å². The smallest absolute Gasteiger partial charge is 0.407 e. The predicted octanol–water partition coefficient (Wildman–Crippen LogP) is 6.36. The van der Waals surface area contributed by atoms with Crippen LogP contribution in [0.25, 0.3) is 0 Å². The topological polar surface area (TPSA) is 123 Å². The summed E-state index contributed by atoms with van der Waals surface area (Å²) in [6, 6.07) is 2.00. The number of carbonyl (C=O) groups excluding carboxylic acids is 2. The van der Waals surface area contributed by atoms with Crippen molar-refractivity contribution in [3.63, 3.8) is 0 Å². The lowest BCUT2D eigenvalue weighted by Gasteiger charge is -2.22. The SMILES string of the molecule is CC(C)NC(=O)O[C@@H]1CC[C@H](c2cc(NC(=O)c3cnn(CCCCCCCCCCCO)c3)n(C(C)(C)C)n2)C1. The second-order valence-corrected chi connectivity index (χ2v) is 12.7. The van der Waals surface area contributed by atoms with E-state index in [0.717, 1.165) is 57.2 Å². The molecule has 0 spiro atoms. The molecule has 10 nitrogen and oxygen atoms in total. The molecule has 1 aliphatic rings. The Labute approximate surface area is 245 Å². The van der Waals surface area contributed by atoms with Crippen LogP contribution in [-0.2, 0) is 16.8 Å². The number of aliphatic hydroxyl groups excluding tert-OH is 1. The van der Waals surface area contributed by atoms with Crippen LogP contribution in [0.15, 0.2) is 18.5 Å². The molecule has 3 N–H and O–H groups in total. The molecule has 1 fully saturated rings. The fourth-order valence-electron chi connectivity index (χ4n) is 5.35. The molecule has 230 valence electrons. The molecule has 3 rings (SSSR count). The number of nitrogens with zero attached hydrogens (tertiary/aromatic N) is 4.